The monoisotopic (exact) mass is 250 g/mol. The van der Waals surface area contributed by atoms with Gasteiger partial charge in [-0.15, -0.1) is 0 Å². The topological polar surface area (TPSA) is 106 Å². The lowest BCUT2D eigenvalue weighted by Crippen LogP contribution is -2.00. The Labute approximate surface area is 96.5 Å². The third-order valence-corrected chi connectivity index (χ3v) is 3.25. The summed E-state index contributed by atoms with van der Waals surface area (Å²) < 4.78 is 31.2. The summed E-state index contributed by atoms with van der Waals surface area (Å²) in [6, 6.07) is 6.39. The summed E-state index contributed by atoms with van der Waals surface area (Å²) in [6.45, 7) is 0. The van der Waals surface area contributed by atoms with E-state index in [0.717, 1.165) is 0 Å². The average molecular weight is 250 g/mol. The van der Waals surface area contributed by atoms with E-state index < -0.39 is 15.9 Å². The van der Waals surface area contributed by atoms with Gasteiger partial charge in [0, 0.05) is 11.5 Å². The minimum absolute atomic E-state index is 0.0652. The fourth-order valence-corrected chi connectivity index (χ4v) is 2.30. The molecule has 1 N–H and O–H groups in total. The second-order valence-electron chi connectivity index (χ2n) is 3.34. The van der Waals surface area contributed by atoms with Gasteiger partial charge in [0.1, 0.15) is 4.90 Å². The van der Waals surface area contributed by atoms with E-state index in [1.165, 1.54) is 30.3 Å². The smallest absolute Gasteiger partial charge is 0.378 e. The normalized spacial score (nSPS) is 11.3. The van der Waals surface area contributed by atoms with Crippen molar-refractivity contribution >= 4 is 26.6 Å². The van der Waals surface area contributed by atoms with Crippen LogP contribution in [0.3, 0.4) is 0 Å². The van der Waals surface area contributed by atoms with E-state index in [4.69, 9.17) is 9.95 Å². The molecule has 17 heavy (non-hydrogen) atoms. The molecule has 0 unspecified atom stereocenters. The first kappa shape index (κ1) is 11.3. The summed E-state index contributed by atoms with van der Waals surface area (Å²) in [4.78, 5) is 2.44. The fourth-order valence-electron chi connectivity index (χ4n) is 1.59. The van der Waals surface area contributed by atoms with Gasteiger partial charge in [-0.2, -0.15) is 8.42 Å². The van der Waals surface area contributed by atoms with Crippen molar-refractivity contribution in [3.63, 3.8) is 0 Å². The molecular weight excluding hydrogens is 244 g/mol. The number of fused-ring (bicyclic) bond motifs is 1. The predicted molar refractivity (Wildman–Crippen MR) is 58.0 cm³/mol. The van der Waals surface area contributed by atoms with Crippen molar-refractivity contribution in [3.8, 4) is 5.75 Å². The molecule has 0 aliphatic rings. The highest BCUT2D eigenvalue weighted by molar-refractivity contribution is 7.86. The quantitative estimate of drug-likeness (QED) is 0.611. The minimum Gasteiger partial charge on any atom is -0.867 e. The van der Waals surface area contributed by atoms with Gasteiger partial charge in [-0.25, -0.2) is 0 Å². The van der Waals surface area contributed by atoms with Crippen LogP contribution in [0.5, 0.6) is 5.75 Å². The van der Waals surface area contributed by atoms with Gasteiger partial charge in [0.25, 0.3) is 10.1 Å². The van der Waals surface area contributed by atoms with Crippen LogP contribution in [0, 0.1) is 5.39 Å². The predicted octanol–water partition coefficient (Wildman–Crippen LogP) is 1.64. The van der Waals surface area contributed by atoms with Crippen molar-refractivity contribution in [2.45, 2.75) is 4.90 Å². The summed E-state index contributed by atoms with van der Waals surface area (Å²) in [7, 11) is -4.40. The maximum absolute atomic E-state index is 11.7. The average Bonchev–Trinajstić information content (AvgIpc) is 2.28. The lowest BCUT2D eigenvalue weighted by Gasteiger charge is -2.09. The highest BCUT2D eigenvalue weighted by atomic mass is 32.2. The van der Waals surface area contributed by atoms with Crippen LogP contribution in [0.15, 0.2) is 35.2 Å². The van der Waals surface area contributed by atoms with Crippen molar-refractivity contribution < 1.29 is 18.1 Å². The summed E-state index contributed by atoms with van der Waals surface area (Å²) in [5.41, 5.74) is -0.190. The van der Waals surface area contributed by atoms with Crippen molar-refractivity contribution in [1.82, 2.24) is 0 Å². The van der Waals surface area contributed by atoms with Gasteiger partial charge in [-0.1, -0.05) is 12.1 Å². The zero-order valence-corrected chi connectivity index (χ0v) is 9.18. The highest BCUT2D eigenvalue weighted by Gasteiger charge is 2.16. The Morgan fingerprint density at radius 1 is 1.18 bits per heavy atom. The van der Waals surface area contributed by atoms with Crippen LogP contribution in [-0.4, -0.2) is 13.0 Å². The van der Waals surface area contributed by atoms with E-state index in [9.17, 15) is 13.5 Å². The molecule has 86 valence electrons. The summed E-state index contributed by atoms with van der Waals surface area (Å²) in [6.07, 6.45) is 0. The van der Waals surface area contributed by atoms with Gasteiger partial charge in [0.2, 0.25) is 5.39 Å². The minimum atomic E-state index is -4.40. The molecule has 0 amide bonds. The second kappa shape index (κ2) is 3.69. The van der Waals surface area contributed by atoms with Gasteiger partial charge in [-0.05, 0) is 23.3 Å². The van der Waals surface area contributed by atoms with E-state index in [1.54, 1.807) is 0 Å². The molecular formula is C10H6N2O4S. The molecule has 0 saturated carbocycles. The summed E-state index contributed by atoms with van der Waals surface area (Å²) in [5, 5.41) is 20.4. The Morgan fingerprint density at radius 2 is 1.88 bits per heavy atom. The largest absolute Gasteiger partial charge is 0.867 e. The Kier molecular flexibility index (Phi) is 2.46. The van der Waals surface area contributed by atoms with Gasteiger partial charge >= 0.3 is 5.69 Å². The standard InChI is InChI=1S/C10H6N2O4S/c11-12-8-5-4-6-7(10(8)13)2-1-3-9(6)17(14,15)16/h1-5H,(H-,13,14,15,16). The number of benzene rings is 2. The van der Waals surface area contributed by atoms with Crippen LogP contribution in [0.4, 0.5) is 5.69 Å². The molecule has 0 aliphatic heterocycles. The van der Waals surface area contributed by atoms with Crippen molar-refractivity contribution in [1.29, 1.82) is 5.39 Å². The molecule has 0 radical (unpaired) electrons. The first-order valence-electron chi connectivity index (χ1n) is 4.50. The van der Waals surface area contributed by atoms with Crippen LogP contribution < -0.4 is 5.11 Å². The molecule has 7 heteroatoms. The second-order valence-corrected chi connectivity index (χ2v) is 4.73. The van der Waals surface area contributed by atoms with Gasteiger partial charge in [0.05, 0.1) is 0 Å². The molecule has 0 spiro atoms. The highest BCUT2D eigenvalue weighted by Crippen LogP contribution is 2.34. The number of hydrogen-bond acceptors (Lipinski definition) is 4. The van der Waals surface area contributed by atoms with E-state index in [2.05, 4.69) is 4.98 Å². The van der Waals surface area contributed by atoms with Crippen molar-refractivity contribution in [2.75, 3.05) is 0 Å². The third kappa shape index (κ3) is 1.80. The van der Waals surface area contributed by atoms with Crippen LogP contribution in [-0.2, 0) is 10.1 Å². The fraction of sp³-hybridized carbons (Fsp3) is 0. The van der Waals surface area contributed by atoms with Crippen molar-refractivity contribution in [3.05, 3.63) is 35.3 Å². The summed E-state index contributed by atoms with van der Waals surface area (Å²) >= 11 is 0. The maximum atomic E-state index is 11.7. The molecule has 2 aromatic rings. The number of rotatable bonds is 1. The first-order valence-corrected chi connectivity index (χ1v) is 5.94. The lowest BCUT2D eigenvalue weighted by molar-refractivity contribution is -0.264. The molecule has 0 heterocycles. The van der Waals surface area contributed by atoms with Crippen LogP contribution in [0.25, 0.3) is 15.7 Å². The molecule has 2 rings (SSSR count). The molecule has 0 saturated heterocycles. The Hall–Kier alpha value is -2.17. The first-order chi connectivity index (χ1) is 7.95. The Balaban J connectivity index is 2.96. The zero-order chi connectivity index (χ0) is 12.6. The van der Waals surface area contributed by atoms with E-state index in [1.807, 2.05) is 0 Å². The summed E-state index contributed by atoms with van der Waals surface area (Å²) in [5.74, 6) is -0.601. The van der Waals surface area contributed by atoms with Crippen molar-refractivity contribution in [2.24, 2.45) is 0 Å². The Morgan fingerprint density at radius 3 is 2.47 bits per heavy atom. The van der Waals surface area contributed by atoms with E-state index in [0.29, 0.717) is 0 Å². The molecule has 2 aromatic carbocycles. The Bertz CT molecular complexity index is 747. The van der Waals surface area contributed by atoms with Crippen LogP contribution in [0.2, 0.25) is 0 Å². The molecule has 0 atom stereocenters. The molecule has 6 nitrogen and oxygen atoms in total. The van der Waals surface area contributed by atoms with Gasteiger partial charge < -0.3 is 5.11 Å². The molecule has 0 aliphatic carbocycles. The number of hydrogen-bond donors (Lipinski definition) is 1. The van der Waals surface area contributed by atoms with Crippen LogP contribution in [0.1, 0.15) is 0 Å². The molecule has 0 bridgehead atoms. The lowest BCUT2D eigenvalue weighted by atomic mass is 10.1. The van der Waals surface area contributed by atoms with Crippen LogP contribution >= 0.6 is 0 Å². The van der Waals surface area contributed by atoms with E-state index in [-0.39, 0.29) is 21.4 Å². The number of nitrogens with zero attached hydrogens (tertiary/aromatic N) is 2. The third-order valence-electron chi connectivity index (χ3n) is 2.34. The zero-order valence-electron chi connectivity index (χ0n) is 8.36. The van der Waals surface area contributed by atoms with Gasteiger partial charge in [0.15, 0.2) is 4.98 Å². The van der Waals surface area contributed by atoms with Gasteiger partial charge in [-0.3, -0.25) is 4.55 Å². The molecule has 0 aromatic heterocycles. The maximum Gasteiger partial charge on any atom is 0.378 e. The molecule has 0 fully saturated rings. The number of diazo groups is 1. The SMILES string of the molecule is N#[N+]c1ccc2c(S(=O)(=O)O)cccc2c1[O-]. The van der Waals surface area contributed by atoms with E-state index >= 15 is 0 Å².